The van der Waals surface area contributed by atoms with Crippen molar-refractivity contribution in [2.45, 2.75) is 26.4 Å². The van der Waals surface area contributed by atoms with Crippen LogP contribution in [-0.4, -0.2) is 41.1 Å². The molecule has 1 saturated heterocycles. The van der Waals surface area contributed by atoms with Crippen molar-refractivity contribution in [3.63, 3.8) is 0 Å². The second-order valence-corrected chi connectivity index (χ2v) is 6.65. The Kier molecular flexibility index (Phi) is 5.76. The summed E-state index contributed by atoms with van der Waals surface area (Å²) in [6.07, 6.45) is -0.220. The molecular formula is C16H19Cl2NO4. The van der Waals surface area contributed by atoms with Crippen LogP contribution < -0.4 is 4.74 Å². The number of likely N-dealkylation sites (tertiary alicyclic amines) is 1. The number of halogens is 2. The Morgan fingerprint density at radius 1 is 1.35 bits per heavy atom. The molecule has 0 bridgehead atoms. The molecule has 2 rings (SSSR count). The number of ether oxygens (including phenoxy) is 1. The number of hydrogen-bond donors (Lipinski definition) is 1. The van der Waals surface area contributed by atoms with Gasteiger partial charge in [0.2, 0.25) is 0 Å². The number of benzene rings is 1. The molecule has 7 heteroatoms. The molecule has 1 N–H and O–H groups in total. The Hall–Kier alpha value is -1.46. The third-order valence-corrected chi connectivity index (χ3v) is 4.82. The van der Waals surface area contributed by atoms with Crippen molar-refractivity contribution in [3.8, 4) is 5.75 Å². The van der Waals surface area contributed by atoms with Crippen molar-refractivity contribution < 1.29 is 19.4 Å². The molecular weight excluding hydrogens is 341 g/mol. The molecule has 1 aliphatic heterocycles. The van der Waals surface area contributed by atoms with E-state index in [4.69, 9.17) is 33.0 Å². The first-order valence-electron chi connectivity index (χ1n) is 7.43. The minimum absolute atomic E-state index is 0.0811. The maximum Gasteiger partial charge on any atom is 0.306 e. The summed E-state index contributed by atoms with van der Waals surface area (Å²) < 4.78 is 5.62. The van der Waals surface area contributed by atoms with Gasteiger partial charge in [0.25, 0.3) is 5.91 Å². The number of amides is 1. The monoisotopic (exact) mass is 359 g/mol. The molecule has 0 radical (unpaired) electrons. The number of carboxylic acids is 1. The summed E-state index contributed by atoms with van der Waals surface area (Å²) >= 11 is 11.8. The van der Waals surface area contributed by atoms with Crippen LogP contribution in [-0.2, 0) is 9.59 Å². The Bertz CT molecular complexity index is 608. The lowest BCUT2D eigenvalue weighted by Crippen LogP contribution is -2.49. The molecule has 0 saturated carbocycles. The van der Waals surface area contributed by atoms with Gasteiger partial charge in [0.15, 0.2) is 6.10 Å². The van der Waals surface area contributed by atoms with Crippen LogP contribution >= 0.6 is 23.2 Å². The van der Waals surface area contributed by atoms with Gasteiger partial charge in [0.1, 0.15) is 5.75 Å². The van der Waals surface area contributed by atoms with Crippen LogP contribution in [0.1, 0.15) is 20.3 Å². The van der Waals surface area contributed by atoms with Crippen LogP contribution in [0.5, 0.6) is 5.75 Å². The van der Waals surface area contributed by atoms with Gasteiger partial charge in [0, 0.05) is 19.2 Å². The quantitative estimate of drug-likeness (QED) is 0.895. The van der Waals surface area contributed by atoms with E-state index in [1.54, 1.807) is 30.0 Å². The van der Waals surface area contributed by atoms with Gasteiger partial charge in [-0.25, -0.2) is 0 Å². The number of rotatable bonds is 4. The Morgan fingerprint density at radius 3 is 2.61 bits per heavy atom. The van der Waals surface area contributed by atoms with E-state index < -0.39 is 18.0 Å². The second kappa shape index (κ2) is 7.41. The second-order valence-electron chi connectivity index (χ2n) is 5.83. The molecule has 5 nitrogen and oxygen atoms in total. The van der Waals surface area contributed by atoms with E-state index in [0.29, 0.717) is 35.3 Å². The minimum atomic E-state index is -0.801. The maximum atomic E-state index is 12.5. The fourth-order valence-corrected chi connectivity index (χ4v) is 3.06. The molecule has 3 unspecified atom stereocenters. The van der Waals surface area contributed by atoms with E-state index in [2.05, 4.69) is 0 Å². The van der Waals surface area contributed by atoms with Crippen molar-refractivity contribution >= 4 is 35.1 Å². The van der Waals surface area contributed by atoms with Crippen molar-refractivity contribution in [2.75, 3.05) is 13.1 Å². The van der Waals surface area contributed by atoms with E-state index in [1.807, 2.05) is 6.92 Å². The van der Waals surface area contributed by atoms with Crippen LogP contribution in [0.25, 0.3) is 0 Å². The predicted molar refractivity (Wildman–Crippen MR) is 88.0 cm³/mol. The van der Waals surface area contributed by atoms with Crippen LogP contribution in [0.15, 0.2) is 18.2 Å². The summed E-state index contributed by atoms with van der Waals surface area (Å²) in [4.78, 5) is 25.3. The molecule has 0 aromatic heterocycles. The number of carboxylic acid groups (broad SMARTS) is 1. The minimum Gasteiger partial charge on any atom is -0.481 e. The predicted octanol–water partition coefficient (Wildman–Crippen LogP) is 3.33. The summed E-state index contributed by atoms with van der Waals surface area (Å²) in [6, 6.07) is 4.82. The first kappa shape index (κ1) is 17.9. The fraction of sp³-hybridized carbons (Fsp3) is 0.500. The molecule has 1 aromatic rings. The summed E-state index contributed by atoms with van der Waals surface area (Å²) in [7, 11) is 0. The molecule has 23 heavy (non-hydrogen) atoms. The largest absolute Gasteiger partial charge is 0.481 e. The van der Waals surface area contributed by atoms with Crippen LogP contribution in [0.2, 0.25) is 10.0 Å². The zero-order chi connectivity index (χ0) is 17.1. The normalized spacial score (nSPS) is 22.5. The number of piperidine rings is 1. The van der Waals surface area contributed by atoms with Crippen molar-refractivity contribution in [2.24, 2.45) is 11.8 Å². The van der Waals surface area contributed by atoms with Gasteiger partial charge in [-0.2, -0.15) is 0 Å². The maximum absolute atomic E-state index is 12.5. The van der Waals surface area contributed by atoms with E-state index in [9.17, 15) is 9.59 Å². The zero-order valence-electron chi connectivity index (χ0n) is 13.0. The van der Waals surface area contributed by atoms with Crippen LogP contribution in [0, 0.1) is 11.8 Å². The Labute approximate surface area is 145 Å². The molecule has 1 amide bonds. The van der Waals surface area contributed by atoms with E-state index >= 15 is 0 Å². The van der Waals surface area contributed by atoms with Gasteiger partial charge in [-0.15, -0.1) is 0 Å². The summed E-state index contributed by atoms with van der Waals surface area (Å²) in [5.41, 5.74) is 0. The van der Waals surface area contributed by atoms with Crippen molar-refractivity contribution in [1.29, 1.82) is 0 Å². The van der Waals surface area contributed by atoms with Crippen molar-refractivity contribution in [1.82, 2.24) is 4.90 Å². The molecule has 1 fully saturated rings. The molecule has 3 atom stereocenters. The molecule has 1 aromatic carbocycles. The van der Waals surface area contributed by atoms with Crippen LogP contribution in [0.4, 0.5) is 0 Å². The summed E-state index contributed by atoms with van der Waals surface area (Å²) in [6.45, 7) is 4.36. The van der Waals surface area contributed by atoms with E-state index in [1.165, 1.54) is 0 Å². The van der Waals surface area contributed by atoms with Crippen molar-refractivity contribution in [3.05, 3.63) is 28.2 Å². The van der Waals surface area contributed by atoms with Gasteiger partial charge >= 0.3 is 5.97 Å². The summed E-state index contributed by atoms with van der Waals surface area (Å²) in [5.74, 6) is -0.974. The standard InChI is InChI=1S/C16H19Cl2NO4/c1-9-8-19(6-5-12(9)16(21)22)15(20)10(2)23-11-3-4-13(17)14(18)7-11/h3-4,7,9-10,12H,5-6,8H2,1-2H3,(H,21,22). The van der Waals surface area contributed by atoms with Crippen LogP contribution in [0.3, 0.4) is 0 Å². The highest BCUT2D eigenvalue weighted by Crippen LogP contribution is 2.28. The number of carbonyl (C=O) groups is 2. The first-order valence-corrected chi connectivity index (χ1v) is 8.18. The molecule has 1 aliphatic rings. The highest BCUT2D eigenvalue weighted by atomic mass is 35.5. The number of hydrogen-bond acceptors (Lipinski definition) is 3. The topological polar surface area (TPSA) is 66.8 Å². The molecule has 0 aliphatic carbocycles. The van der Waals surface area contributed by atoms with E-state index in [-0.39, 0.29) is 11.8 Å². The highest BCUT2D eigenvalue weighted by Gasteiger charge is 2.34. The molecule has 0 spiro atoms. The lowest BCUT2D eigenvalue weighted by Gasteiger charge is -2.36. The Morgan fingerprint density at radius 2 is 2.04 bits per heavy atom. The van der Waals surface area contributed by atoms with Gasteiger partial charge < -0.3 is 14.7 Å². The van der Waals surface area contributed by atoms with Gasteiger partial charge in [0.05, 0.1) is 16.0 Å². The van der Waals surface area contributed by atoms with Gasteiger partial charge in [-0.3, -0.25) is 9.59 Å². The highest BCUT2D eigenvalue weighted by molar-refractivity contribution is 6.42. The van der Waals surface area contributed by atoms with Gasteiger partial charge in [-0.1, -0.05) is 30.1 Å². The molecule has 126 valence electrons. The first-order chi connectivity index (χ1) is 10.8. The smallest absolute Gasteiger partial charge is 0.306 e. The lowest BCUT2D eigenvalue weighted by molar-refractivity contribution is -0.150. The molecule has 1 heterocycles. The third kappa shape index (κ3) is 4.30. The third-order valence-electron chi connectivity index (χ3n) is 4.09. The lowest BCUT2D eigenvalue weighted by atomic mass is 9.87. The van der Waals surface area contributed by atoms with Gasteiger partial charge in [-0.05, 0) is 31.4 Å². The average molecular weight is 360 g/mol. The zero-order valence-corrected chi connectivity index (χ0v) is 14.5. The number of aliphatic carboxylic acids is 1. The number of nitrogens with zero attached hydrogens (tertiary/aromatic N) is 1. The Balaban J connectivity index is 1.97. The summed E-state index contributed by atoms with van der Waals surface area (Å²) in [5, 5.41) is 9.91. The van der Waals surface area contributed by atoms with E-state index in [0.717, 1.165) is 0 Å². The number of carbonyl (C=O) groups excluding carboxylic acids is 1. The average Bonchev–Trinajstić information content (AvgIpc) is 2.49. The fourth-order valence-electron chi connectivity index (χ4n) is 2.77. The SMILES string of the molecule is CC(Oc1ccc(Cl)c(Cl)c1)C(=O)N1CCC(C(=O)O)C(C)C1.